The number of likely N-dealkylation sites (N-methyl/N-ethyl adjacent to an activating group) is 1. The molecule has 0 spiro atoms. The van der Waals surface area contributed by atoms with E-state index in [0.29, 0.717) is 5.91 Å². The van der Waals surface area contributed by atoms with Gasteiger partial charge in [0.1, 0.15) is 0 Å². The van der Waals surface area contributed by atoms with Crippen LogP contribution in [-0.2, 0) is 37.5 Å². The molecule has 0 aliphatic carbocycles. The number of aryl methyl sites for hydroxylation is 2. The van der Waals surface area contributed by atoms with Crippen LogP contribution in [0.1, 0.15) is 30.9 Å². The molecule has 4 heteroatoms. The fourth-order valence-corrected chi connectivity index (χ4v) is 3.18. The van der Waals surface area contributed by atoms with Crippen LogP contribution in [0.25, 0.3) is 0 Å². The van der Waals surface area contributed by atoms with Crippen LogP contribution in [0.15, 0.2) is 18.2 Å². The molecule has 21 heavy (non-hydrogen) atoms. The number of quaternary nitrogens is 1. The van der Waals surface area contributed by atoms with Gasteiger partial charge in [0.05, 0.1) is 20.6 Å². The molecule has 1 fully saturated rings. The van der Waals surface area contributed by atoms with Crippen molar-refractivity contribution < 1.29 is 42.0 Å². The Kier molecular flexibility index (Phi) is 6.58. The summed E-state index contributed by atoms with van der Waals surface area (Å²) in [5, 5.41) is 0. The number of anilines is 1. The van der Waals surface area contributed by atoms with Gasteiger partial charge in [-0.15, -0.1) is 0 Å². The molecular formula is C17H27N2OY+. The Morgan fingerprint density at radius 1 is 1.24 bits per heavy atom. The summed E-state index contributed by atoms with van der Waals surface area (Å²) in [5.74, 6) is 0.292. The largest absolute Gasteiger partial charge is 0.318 e. The molecule has 0 N–H and O–H groups in total. The molecular weight excluding hydrogens is 337 g/mol. The first-order valence-electron chi connectivity index (χ1n) is 7.58. The first-order valence-corrected chi connectivity index (χ1v) is 7.58. The van der Waals surface area contributed by atoms with Gasteiger partial charge in [-0.1, -0.05) is 18.2 Å². The van der Waals surface area contributed by atoms with Crippen molar-refractivity contribution in [3.63, 3.8) is 0 Å². The number of piperidine rings is 1. The second-order valence-electron chi connectivity index (χ2n) is 6.48. The van der Waals surface area contributed by atoms with E-state index in [0.717, 1.165) is 36.1 Å². The molecule has 0 bridgehead atoms. The quantitative estimate of drug-likeness (QED) is 0.756. The van der Waals surface area contributed by atoms with Crippen molar-refractivity contribution in [3.05, 3.63) is 29.3 Å². The molecule has 1 aromatic carbocycles. The van der Waals surface area contributed by atoms with Crippen molar-refractivity contribution in [1.82, 2.24) is 0 Å². The van der Waals surface area contributed by atoms with Crippen molar-refractivity contribution in [1.29, 1.82) is 0 Å². The minimum atomic E-state index is 0. The number of nitrogens with zero attached hydrogens (tertiary/aromatic N) is 2. The van der Waals surface area contributed by atoms with E-state index < -0.39 is 0 Å². The van der Waals surface area contributed by atoms with Gasteiger partial charge in [-0.25, -0.2) is 0 Å². The minimum absolute atomic E-state index is 0. The SMILES string of the molecule is CC[N+](C)(C)C1CCCN(c2c(C)cccc2C)C1=O.[Y]. The van der Waals surface area contributed by atoms with Gasteiger partial charge in [0.2, 0.25) is 0 Å². The molecule has 1 aliphatic heterocycles. The zero-order chi connectivity index (χ0) is 14.9. The number of benzene rings is 1. The summed E-state index contributed by atoms with van der Waals surface area (Å²) in [6.07, 6.45) is 2.09. The predicted molar refractivity (Wildman–Crippen MR) is 83.9 cm³/mol. The Morgan fingerprint density at radius 3 is 2.33 bits per heavy atom. The van der Waals surface area contributed by atoms with Crippen LogP contribution in [0, 0.1) is 13.8 Å². The Balaban J connectivity index is 0.00000220. The Labute approximate surface area is 154 Å². The van der Waals surface area contributed by atoms with Crippen molar-refractivity contribution >= 4 is 11.6 Å². The van der Waals surface area contributed by atoms with E-state index in [9.17, 15) is 4.79 Å². The van der Waals surface area contributed by atoms with Crippen LogP contribution in [0.3, 0.4) is 0 Å². The number of hydrogen-bond acceptors (Lipinski definition) is 1. The molecule has 2 rings (SSSR count). The predicted octanol–water partition coefficient (Wildman–Crippen LogP) is 2.89. The number of carbonyl (C=O) groups is 1. The molecule has 1 atom stereocenters. The maximum Gasteiger partial charge on any atom is 0.285 e. The number of rotatable bonds is 3. The summed E-state index contributed by atoms with van der Waals surface area (Å²) >= 11 is 0. The monoisotopic (exact) mass is 364 g/mol. The van der Waals surface area contributed by atoms with Gasteiger partial charge in [-0.05, 0) is 38.3 Å². The van der Waals surface area contributed by atoms with Crippen LogP contribution >= 0.6 is 0 Å². The smallest absolute Gasteiger partial charge is 0.285 e. The Hall–Kier alpha value is -0.246. The summed E-state index contributed by atoms with van der Waals surface area (Å²) in [6.45, 7) is 8.19. The molecule has 0 aromatic heterocycles. The maximum absolute atomic E-state index is 12.9. The van der Waals surface area contributed by atoms with E-state index >= 15 is 0 Å². The van der Waals surface area contributed by atoms with E-state index in [1.165, 1.54) is 11.1 Å². The molecule has 1 radical (unpaired) electrons. The van der Waals surface area contributed by atoms with Crippen LogP contribution < -0.4 is 4.90 Å². The van der Waals surface area contributed by atoms with E-state index in [2.05, 4.69) is 53.1 Å². The van der Waals surface area contributed by atoms with Crippen LogP contribution in [0.4, 0.5) is 5.69 Å². The second kappa shape index (κ2) is 7.35. The van der Waals surface area contributed by atoms with E-state index in [1.807, 2.05) is 4.90 Å². The number of hydrogen-bond donors (Lipinski definition) is 0. The third-order valence-corrected chi connectivity index (χ3v) is 4.78. The van der Waals surface area contributed by atoms with Gasteiger partial charge in [0.15, 0.2) is 6.04 Å². The molecule has 1 aromatic rings. The van der Waals surface area contributed by atoms with Crippen molar-refractivity contribution in [2.45, 2.75) is 39.7 Å². The number of amides is 1. The summed E-state index contributed by atoms with van der Waals surface area (Å²) in [5.41, 5.74) is 3.51. The number of para-hydroxylation sites is 1. The average molecular weight is 364 g/mol. The Morgan fingerprint density at radius 2 is 1.81 bits per heavy atom. The third kappa shape index (κ3) is 3.75. The van der Waals surface area contributed by atoms with Crippen molar-refractivity contribution in [2.24, 2.45) is 0 Å². The van der Waals surface area contributed by atoms with E-state index in [4.69, 9.17) is 0 Å². The van der Waals surface area contributed by atoms with Gasteiger partial charge in [0, 0.05) is 51.4 Å². The zero-order valence-corrected chi connectivity index (χ0v) is 16.9. The normalized spacial score (nSPS) is 19.4. The molecule has 113 valence electrons. The zero-order valence-electron chi connectivity index (χ0n) is 14.0. The van der Waals surface area contributed by atoms with Gasteiger partial charge < -0.3 is 9.38 Å². The molecule has 1 aliphatic rings. The van der Waals surface area contributed by atoms with Gasteiger partial charge >= 0.3 is 0 Å². The summed E-state index contributed by atoms with van der Waals surface area (Å²) in [7, 11) is 4.33. The first kappa shape index (κ1) is 18.8. The molecule has 1 heterocycles. The van der Waals surface area contributed by atoms with Crippen LogP contribution in [-0.4, -0.2) is 43.6 Å². The molecule has 1 unspecified atom stereocenters. The van der Waals surface area contributed by atoms with Crippen molar-refractivity contribution in [3.8, 4) is 0 Å². The summed E-state index contributed by atoms with van der Waals surface area (Å²) in [4.78, 5) is 15.0. The average Bonchev–Trinajstić information content (AvgIpc) is 2.40. The molecule has 0 saturated carbocycles. The molecule has 1 saturated heterocycles. The van der Waals surface area contributed by atoms with Crippen LogP contribution in [0.5, 0.6) is 0 Å². The minimum Gasteiger partial charge on any atom is -0.318 e. The molecule has 3 nitrogen and oxygen atoms in total. The maximum atomic E-state index is 12.9. The summed E-state index contributed by atoms with van der Waals surface area (Å²) < 4.78 is 0.778. The fourth-order valence-electron chi connectivity index (χ4n) is 3.18. The van der Waals surface area contributed by atoms with E-state index in [-0.39, 0.29) is 38.8 Å². The Bertz CT molecular complexity index is 493. The van der Waals surface area contributed by atoms with Gasteiger partial charge in [0.25, 0.3) is 5.91 Å². The van der Waals surface area contributed by atoms with Crippen molar-refractivity contribution in [2.75, 3.05) is 32.1 Å². The topological polar surface area (TPSA) is 20.3 Å². The fraction of sp³-hybridized carbons (Fsp3) is 0.588. The first-order chi connectivity index (χ1) is 9.38. The standard InChI is InChI=1S/C17H27N2O.Y/c1-6-19(4,5)15-11-8-12-18(17(15)20)16-13(2)9-7-10-14(16)3;/h7,9-10,15H,6,8,11-12H2,1-5H3;/q+1;. The molecule has 1 amide bonds. The second-order valence-corrected chi connectivity index (χ2v) is 6.48. The number of carbonyl (C=O) groups excluding carboxylic acids is 1. The summed E-state index contributed by atoms with van der Waals surface area (Å²) in [6, 6.07) is 6.34. The van der Waals surface area contributed by atoms with Gasteiger partial charge in [-0.3, -0.25) is 4.79 Å². The van der Waals surface area contributed by atoms with Crippen LogP contribution in [0.2, 0.25) is 0 Å². The van der Waals surface area contributed by atoms with Gasteiger partial charge in [-0.2, -0.15) is 0 Å². The van der Waals surface area contributed by atoms with E-state index in [1.54, 1.807) is 0 Å². The third-order valence-electron chi connectivity index (χ3n) is 4.78.